The first kappa shape index (κ1) is 18.2. The SMILES string of the molecule is O=C(c1cccc(OCc2cn3ccccc3n2)c1)N1CC[C@@H]2CNC[C@@H]2CC1. The standard InChI is InChI=1S/C23H26N4O2/c28-23(26-10-7-18-13-24-14-19(18)8-11-26)17-4-3-5-21(12-17)29-16-20-15-27-9-2-1-6-22(27)25-20/h1-6,9,12,15,18-19,24H,7-8,10-11,13-14,16H2/t18-,19+. The lowest BCUT2D eigenvalue weighted by Crippen LogP contribution is -2.32. The first-order valence-electron chi connectivity index (χ1n) is 10.4. The molecule has 5 rings (SSSR count). The highest BCUT2D eigenvalue weighted by molar-refractivity contribution is 5.94. The fourth-order valence-electron chi connectivity index (χ4n) is 4.54. The highest BCUT2D eigenvalue weighted by Crippen LogP contribution is 2.28. The number of hydrogen-bond acceptors (Lipinski definition) is 4. The molecule has 1 aromatic carbocycles. The molecule has 0 aliphatic carbocycles. The van der Waals surface area contributed by atoms with Crippen LogP contribution in [0.25, 0.3) is 5.65 Å². The van der Waals surface area contributed by atoms with Gasteiger partial charge in [-0.1, -0.05) is 12.1 Å². The maximum absolute atomic E-state index is 13.1. The number of amides is 1. The van der Waals surface area contributed by atoms with Gasteiger partial charge in [-0.05, 0) is 68.1 Å². The molecule has 2 aliphatic heterocycles. The molecule has 2 atom stereocenters. The van der Waals surface area contributed by atoms with Crippen molar-refractivity contribution >= 4 is 11.6 Å². The van der Waals surface area contributed by atoms with E-state index in [4.69, 9.17) is 4.74 Å². The average Bonchev–Trinajstić information content (AvgIpc) is 3.33. The van der Waals surface area contributed by atoms with Crippen LogP contribution in [-0.4, -0.2) is 46.4 Å². The van der Waals surface area contributed by atoms with Crippen LogP contribution in [-0.2, 0) is 6.61 Å². The van der Waals surface area contributed by atoms with Crippen molar-refractivity contribution < 1.29 is 9.53 Å². The Morgan fingerprint density at radius 1 is 1.10 bits per heavy atom. The Labute approximate surface area is 170 Å². The molecule has 2 aromatic heterocycles. The Kier molecular flexibility index (Phi) is 4.94. The lowest BCUT2D eigenvalue weighted by atomic mass is 9.92. The second-order valence-electron chi connectivity index (χ2n) is 8.06. The molecule has 6 nitrogen and oxygen atoms in total. The third-order valence-electron chi connectivity index (χ3n) is 6.19. The van der Waals surface area contributed by atoms with Gasteiger partial charge in [0.1, 0.15) is 18.0 Å². The average molecular weight is 390 g/mol. The zero-order chi connectivity index (χ0) is 19.6. The molecule has 0 spiro atoms. The van der Waals surface area contributed by atoms with E-state index in [0.29, 0.717) is 29.8 Å². The summed E-state index contributed by atoms with van der Waals surface area (Å²) >= 11 is 0. The van der Waals surface area contributed by atoms with Crippen LogP contribution in [0.5, 0.6) is 5.75 Å². The summed E-state index contributed by atoms with van der Waals surface area (Å²) in [5.74, 6) is 2.24. The Morgan fingerprint density at radius 3 is 2.72 bits per heavy atom. The molecule has 1 N–H and O–H groups in total. The molecule has 0 radical (unpaired) electrons. The number of nitrogens with zero attached hydrogens (tertiary/aromatic N) is 3. The lowest BCUT2D eigenvalue weighted by molar-refractivity contribution is 0.0758. The third-order valence-corrected chi connectivity index (χ3v) is 6.19. The van der Waals surface area contributed by atoms with Crippen molar-refractivity contribution in [3.63, 3.8) is 0 Å². The molecule has 0 saturated carbocycles. The lowest BCUT2D eigenvalue weighted by Gasteiger charge is -2.21. The zero-order valence-electron chi connectivity index (χ0n) is 16.5. The van der Waals surface area contributed by atoms with Crippen LogP contribution >= 0.6 is 0 Å². The van der Waals surface area contributed by atoms with Gasteiger partial charge >= 0.3 is 0 Å². The summed E-state index contributed by atoms with van der Waals surface area (Å²) in [7, 11) is 0. The molecule has 2 fully saturated rings. The number of aromatic nitrogens is 2. The van der Waals surface area contributed by atoms with E-state index in [1.54, 1.807) is 0 Å². The van der Waals surface area contributed by atoms with Crippen molar-refractivity contribution in [2.75, 3.05) is 26.2 Å². The molecule has 2 aliphatic rings. The predicted molar refractivity (Wildman–Crippen MR) is 111 cm³/mol. The smallest absolute Gasteiger partial charge is 0.253 e. The molecule has 4 heterocycles. The second-order valence-corrected chi connectivity index (χ2v) is 8.06. The van der Waals surface area contributed by atoms with E-state index in [2.05, 4.69) is 10.3 Å². The van der Waals surface area contributed by atoms with Gasteiger partial charge in [-0.3, -0.25) is 4.79 Å². The molecular weight excluding hydrogens is 364 g/mol. The molecule has 0 unspecified atom stereocenters. The molecular formula is C23H26N4O2. The van der Waals surface area contributed by atoms with Crippen LogP contribution in [0, 0.1) is 11.8 Å². The quantitative estimate of drug-likeness (QED) is 0.744. The number of benzene rings is 1. The van der Waals surface area contributed by atoms with E-state index in [1.807, 2.05) is 64.2 Å². The van der Waals surface area contributed by atoms with Crippen molar-refractivity contribution in [1.29, 1.82) is 0 Å². The highest BCUT2D eigenvalue weighted by Gasteiger charge is 2.31. The number of fused-ring (bicyclic) bond motifs is 2. The second kappa shape index (κ2) is 7.87. The summed E-state index contributed by atoms with van der Waals surface area (Å²) in [6.07, 6.45) is 6.12. The van der Waals surface area contributed by atoms with Gasteiger partial charge in [-0.25, -0.2) is 4.98 Å². The summed E-state index contributed by atoms with van der Waals surface area (Å²) in [6, 6.07) is 13.4. The maximum atomic E-state index is 13.1. The van der Waals surface area contributed by atoms with E-state index < -0.39 is 0 Å². The molecule has 150 valence electrons. The number of imidazole rings is 1. The molecule has 0 bridgehead atoms. The van der Waals surface area contributed by atoms with E-state index in [-0.39, 0.29) is 5.91 Å². The van der Waals surface area contributed by atoms with Crippen molar-refractivity contribution in [2.45, 2.75) is 19.4 Å². The summed E-state index contributed by atoms with van der Waals surface area (Å²) in [4.78, 5) is 19.6. The number of ether oxygens (including phenoxy) is 1. The van der Waals surface area contributed by atoms with Crippen molar-refractivity contribution in [3.05, 3.63) is 66.1 Å². The largest absolute Gasteiger partial charge is 0.487 e. The van der Waals surface area contributed by atoms with Crippen molar-refractivity contribution in [2.24, 2.45) is 11.8 Å². The van der Waals surface area contributed by atoms with Gasteiger partial charge in [0.2, 0.25) is 0 Å². The normalized spacial score (nSPS) is 21.7. The van der Waals surface area contributed by atoms with Gasteiger partial charge in [-0.15, -0.1) is 0 Å². The van der Waals surface area contributed by atoms with Gasteiger partial charge < -0.3 is 19.4 Å². The molecule has 29 heavy (non-hydrogen) atoms. The minimum absolute atomic E-state index is 0.108. The van der Waals surface area contributed by atoms with Crippen LogP contribution in [0.2, 0.25) is 0 Å². The zero-order valence-corrected chi connectivity index (χ0v) is 16.5. The number of pyridine rings is 1. The fourth-order valence-corrected chi connectivity index (χ4v) is 4.54. The topological polar surface area (TPSA) is 58.9 Å². The summed E-state index contributed by atoms with van der Waals surface area (Å²) in [5.41, 5.74) is 2.46. The number of likely N-dealkylation sites (tertiary alicyclic amines) is 1. The van der Waals surface area contributed by atoms with Gasteiger partial charge in [-0.2, -0.15) is 0 Å². The summed E-state index contributed by atoms with van der Waals surface area (Å²) < 4.78 is 7.91. The van der Waals surface area contributed by atoms with E-state index in [1.165, 1.54) is 0 Å². The minimum atomic E-state index is 0.108. The van der Waals surface area contributed by atoms with Gasteiger partial charge in [0.15, 0.2) is 0 Å². The van der Waals surface area contributed by atoms with E-state index >= 15 is 0 Å². The first-order chi connectivity index (χ1) is 14.3. The Bertz CT molecular complexity index is 968. The fraction of sp³-hybridized carbons (Fsp3) is 0.391. The van der Waals surface area contributed by atoms with Crippen LogP contribution < -0.4 is 10.1 Å². The molecule has 2 saturated heterocycles. The minimum Gasteiger partial charge on any atom is -0.487 e. The number of nitrogens with one attached hydrogen (secondary N) is 1. The Balaban J connectivity index is 1.24. The van der Waals surface area contributed by atoms with Crippen LogP contribution in [0.1, 0.15) is 28.9 Å². The number of hydrogen-bond donors (Lipinski definition) is 1. The van der Waals surface area contributed by atoms with Gasteiger partial charge in [0.05, 0.1) is 5.69 Å². The van der Waals surface area contributed by atoms with Crippen molar-refractivity contribution in [1.82, 2.24) is 19.6 Å². The van der Waals surface area contributed by atoms with Gasteiger partial charge in [0, 0.05) is 31.0 Å². The first-order valence-corrected chi connectivity index (χ1v) is 10.4. The Morgan fingerprint density at radius 2 is 1.93 bits per heavy atom. The van der Waals surface area contributed by atoms with Crippen LogP contribution in [0.3, 0.4) is 0 Å². The maximum Gasteiger partial charge on any atom is 0.253 e. The summed E-state index contributed by atoms with van der Waals surface area (Å²) in [5, 5.41) is 3.48. The monoisotopic (exact) mass is 390 g/mol. The van der Waals surface area contributed by atoms with E-state index in [0.717, 1.165) is 50.4 Å². The number of carbonyl (C=O) groups is 1. The molecule has 3 aromatic rings. The van der Waals surface area contributed by atoms with Gasteiger partial charge in [0.25, 0.3) is 5.91 Å². The molecule has 6 heteroatoms. The number of carbonyl (C=O) groups excluding carboxylic acids is 1. The van der Waals surface area contributed by atoms with Crippen LogP contribution in [0.4, 0.5) is 0 Å². The highest BCUT2D eigenvalue weighted by atomic mass is 16.5. The Hall–Kier alpha value is -2.86. The number of rotatable bonds is 4. The summed E-state index contributed by atoms with van der Waals surface area (Å²) in [6.45, 7) is 4.25. The van der Waals surface area contributed by atoms with Crippen LogP contribution in [0.15, 0.2) is 54.9 Å². The predicted octanol–water partition coefficient (Wildman–Crippen LogP) is 2.98. The molecule has 1 amide bonds. The van der Waals surface area contributed by atoms with Crippen molar-refractivity contribution in [3.8, 4) is 5.75 Å². The van der Waals surface area contributed by atoms with E-state index in [9.17, 15) is 4.79 Å². The third kappa shape index (κ3) is 3.85.